The van der Waals surface area contributed by atoms with Gasteiger partial charge in [-0.2, -0.15) is 0 Å². The Morgan fingerprint density at radius 1 is 1.25 bits per heavy atom. The highest BCUT2D eigenvalue weighted by molar-refractivity contribution is 6.23. The number of carbonyl (C=O) groups is 3. The normalized spacial score (nSPS) is 16.3. The molecule has 0 aromatic heterocycles. The number of para-hydroxylation sites is 1. The molecule has 1 atom stereocenters. The van der Waals surface area contributed by atoms with Crippen LogP contribution in [0.4, 0.5) is 21.9 Å². The summed E-state index contributed by atoms with van der Waals surface area (Å²) < 4.78 is 5.10. The molecule has 2 N–H and O–H groups in total. The third-order valence-electron chi connectivity index (χ3n) is 4.16. The zero-order chi connectivity index (χ0) is 20.3. The lowest BCUT2D eigenvalue weighted by Gasteiger charge is -2.30. The van der Waals surface area contributed by atoms with Crippen molar-refractivity contribution < 1.29 is 24.0 Å². The second-order valence-electron chi connectivity index (χ2n) is 5.88. The molecule has 2 aromatic rings. The molecular weight excluding hydrogens is 368 g/mol. The molecule has 1 saturated heterocycles. The molecule has 0 saturated carbocycles. The van der Waals surface area contributed by atoms with Crippen LogP contribution in [0.15, 0.2) is 48.5 Å². The van der Waals surface area contributed by atoms with Gasteiger partial charge in [-0.25, -0.2) is 9.69 Å². The SMILES string of the molecule is COc1ccc([N+](=O)[O-])cc1NC(=O)C1CNC(=O)N(c2ccccc2)C1=O. The van der Waals surface area contributed by atoms with E-state index in [1.165, 1.54) is 19.2 Å². The molecule has 10 heteroatoms. The highest BCUT2D eigenvalue weighted by Crippen LogP contribution is 2.30. The summed E-state index contributed by atoms with van der Waals surface area (Å²) in [5.74, 6) is -2.42. The van der Waals surface area contributed by atoms with E-state index in [1.54, 1.807) is 30.3 Å². The molecule has 1 unspecified atom stereocenters. The molecule has 0 aliphatic carbocycles. The maximum absolute atomic E-state index is 12.8. The largest absolute Gasteiger partial charge is 0.495 e. The number of imide groups is 1. The van der Waals surface area contributed by atoms with E-state index in [0.717, 1.165) is 11.0 Å². The standard InChI is InChI=1S/C18H16N4O6/c1-28-15-8-7-12(22(26)27)9-14(15)20-16(23)13-10-19-18(25)21(17(13)24)11-5-3-2-4-6-11/h2-9,13H,10H2,1H3,(H,19,25)(H,20,23). The van der Waals surface area contributed by atoms with Crippen LogP contribution in [0.3, 0.4) is 0 Å². The van der Waals surface area contributed by atoms with E-state index in [9.17, 15) is 24.5 Å². The molecule has 144 valence electrons. The Bertz CT molecular complexity index is 946. The van der Waals surface area contributed by atoms with Crippen molar-refractivity contribution in [2.45, 2.75) is 0 Å². The van der Waals surface area contributed by atoms with E-state index in [1.807, 2.05) is 0 Å². The van der Waals surface area contributed by atoms with Gasteiger partial charge in [0.2, 0.25) is 11.8 Å². The highest BCUT2D eigenvalue weighted by atomic mass is 16.6. The summed E-state index contributed by atoms with van der Waals surface area (Å²) in [6.07, 6.45) is 0. The highest BCUT2D eigenvalue weighted by Gasteiger charge is 2.39. The Hall–Kier alpha value is -3.95. The van der Waals surface area contributed by atoms with Crippen LogP contribution in [0.1, 0.15) is 0 Å². The van der Waals surface area contributed by atoms with Gasteiger partial charge in [0.15, 0.2) is 0 Å². The number of nitrogens with one attached hydrogen (secondary N) is 2. The number of urea groups is 1. The third kappa shape index (κ3) is 3.61. The van der Waals surface area contributed by atoms with Crippen LogP contribution in [0, 0.1) is 16.0 Å². The number of nitro groups is 1. The molecule has 0 bridgehead atoms. The average Bonchev–Trinajstić information content (AvgIpc) is 2.68. The second-order valence-corrected chi connectivity index (χ2v) is 5.88. The first kappa shape index (κ1) is 18.8. The van der Waals surface area contributed by atoms with Gasteiger partial charge in [0.1, 0.15) is 11.7 Å². The topological polar surface area (TPSA) is 131 Å². The van der Waals surface area contributed by atoms with Crippen LogP contribution < -0.4 is 20.3 Å². The molecule has 1 fully saturated rings. The fourth-order valence-electron chi connectivity index (χ4n) is 2.77. The van der Waals surface area contributed by atoms with Gasteiger partial charge in [-0.05, 0) is 18.2 Å². The van der Waals surface area contributed by atoms with Gasteiger partial charge in [0.05, 0.1) is 23.4 Å². The predicted octanol–water partition coefficient (Wildman–Crippen LogP) is 1.91. The fraction of sp³-hybridized carbons (Fsp3) is 0.167. The number of hydrogen-bond acceptors (Lipinski definition) is 6. The van der Waals surface area contributed by atoms with Crippen molar-refractivity contribution in [3.8, 4) is 5.75 Å². The van der Waals surface area contributed by atoms with Gasteiger partial charge in [-0.1, -0.05) is 18.2 Å². The lowest BCUT2D eigenvalue weighted by atomic mass is 10.0. The van der Waals surface area contributed by atoms with Crippen LogP contribution >= 0.6 is 0 Å². The number of benzene rings is 2. The maximum atomic E-state index is 12.8. The smallest absolute Gasteiger partial charge is 0.328 e. The Morgan fingerprint density at radius 2 is 1.96 bits per heavy atom. The van der Waals surface area contributed by atoms with Crippen molar-refractivity contribution in [3.63, 3.8) is 0 Å². The van der Waals surface area contributed by atoms with Crippen LogP contribution in [0.25, 0.3) is 0 Å². The van der Waals surface area contributed by atoms with E-state index in [0.29, 0.717) is 5.69 Å². The van der Waals surface area contributed by atoms with Crippen molar-refractivity contribution in [1.29, 1.82) is 0 Å². The molecule has 28 heavy (non-hydrogen) atoms. The van der Waals surface area contributed by atoms with E-state index < -0.39 is 28.7 Å². The molecule has 0 radical (unpaired) electrons. The summed E-state index contributed by atoms with van der Waals surface area (Å²) in [7, 11) is 1.35. The summed E-state index contributed by atoms with van der Waals surface area (Å²) in [5.41, 5.74) is 0.137. The molecule has 1 aliphatic heterocycles. The minimum absolute atomic E-state index is 0.0534. The van der Waals surface area contributed by atoms with Crippen LogP contribution in [-0.4, -0.2) is 36.4 Å². The number of ether oxygens (including phenoxy) is 1. The van der Waals surface area contributed by atoms with Crippen molar-refractivity contribution in [1.82, 2.24) is 5.32 Å². The van der Waals surface area contributed by atoms with Gasteiger partial charge in [0, 0.05) is 18.7 Å². The van der Waals surface area contributed by atoms with Crippen LogP contribution in [0.5, 0.6) is 5.75 Å². The number of carbonyl (C=O) groups excluding carboxylic acids is 3. The zero-order valence-corrected chi connectivity index (χ0v) is 14.7. The van der Waals surface area contributed by atoms with Crippen molar-refractivity contribution in [2.75, 3.05) is 23.9 Å². The lowest BCUT2D eigenvalue weighted by molar-refractivity contribution is -0.384. The lowest BCUT2D eigenvalue weighted by Crippen LogP contribution is -2.58. The van der Waals surface area contributed by atoms with Gasteiger partial charge < -0.3 is 15.4 Å². The Balaban J connectivity index is 1.85. The Morgan fingerprint density at radius 3 is 2.61 bits per heavy atom. The fourth-order valence-corrected chi connectivity index (χ4v) is 2.77. The first-order chi connectivity index (χ1) is 13.4. The summed E-state index contributed by atoms with van der Waals surface area (Å²) in [4.78, 5) is 48.8. The number of anilines is 2. The number of nitrogens with zero attached hydrogens (tertiary/aromatic N) is 2. The van der Waals surface area contributed by atoms with E-state index >= 15 is 0 Å². The van der Waals surface area contributed by atoms with E-state index in [4.69, 9.17) is 4.74 Å². The summed E-state index contributed by atoms with van der Waals surface area (Å²) in [6, 6.07) is 11.3. The molecule has 3 rings (SSSR count). The first-order valence-electron chi connectivity index (χ1n) is 8.22. The second kappa shape index (κ2) is 7.74. The Labute approximate surface area is 159 Å². The van der Waals surface area contributed by atoms with Gasteiger partial charge >= 0.3 is 6.03 Å². The molecule has 1 heterocycles. The van der Waals surface area contributed by atoms with Gasteiger partial charge in [-0.3, -0.25) is 19.7 Å². The van der Waals surface area contributed by atoms with Crippen molar-refractivity contribution >= 4 is 34.9 Å². The van der Waals surface area contributed by atoms with Gasteiger partial charge in [0.25, 0.3) is 5.69 Å². The third-order valence-corrected chi connectivity index (χ3v) is 4.16. The predicted molar refractivity (Wildman–Crippen MR) is 99.1 cm³/mol. The minimum Gasteiger partial charge on any atom is -0.495 e. The maximum Gasteiger partial charge on any atom is 0.328 e. The number of hydrogen-bond donors (Lipinski definition) is 2. The molecule has 0 spiro atoms. The number of amides is 4. The number of rotatable bonds is 5. The molecule has 1 aliphatic rings. The first-order valence-corrected chi connectivity index (χ1v) is 8.22. The zero-order valence-electron chi connectivity index (χ0n) is 14.7. The summed E-state index contributed by atoms with van der Waals surface area (Å²) in [6.45, 7) is -0.190. The monoisotopic (exact) mass is 384 g/mol. The minimum atomic E-state index is -1.21. The van der Waals surface area contributed by atoms with Crippen LogP contribution in [0.2, 0.25) is 0 Å². The van der Waals surface area contributed by atoms with Crippen LogP contribution in [-0.2, 0) is 9.59 Å². The molecule has 10 nitrogen and oxygen atoms in total. The quantitative estimate of drug-likeness (QED) is 0.460. The average molecular weight is 384 g/mol. The van der Waals surface area contributed by atoms with E-state index in [-0.39, 0.29) is 23.7 Å². The number of nitro benzene ring substituents is 1. The van der Waals surface area contributed by atoms with Crippen molar-refractivity contribution in [2.24, 2.45) is 5.92 Å². The molecular formula is C18H16N4O6. The molecule has 2 aromatic carbocycles. The van der Waals surface area contributed by atoms with Gasteiger partial charge in [-0.15, -0.1) is 0 Å². The summed E-state index contributed by atoms with van der Waals surface area (Å²) in [5, 5.41) is 16.0. The Kier molecular flexibility index (Phi) is 5.21. The summed E-state index contributed by atoms with van der Waals surface area (Å²) >= 11 is 0. The number of non-ortho nitro benzene ring substituents is 1. The number of methoxy groups -OCH3 is 1. The molecule has 4 amide bonds. The van der Waals surface area contributed by atoms with Crippen molar-refractivity contribution in [3.05, 3.63) is 58.6 Å². The van der Waals surface area contributed by atoms with E-state index in [2.05, 4.69) is 10.6 Å².